The summed E-state index contributed by atoms with van der Waals surface area (Å²) in [4.78, 5) is 30.4. The third-order valence-electron chi connectivity index (χ3n) is 10.1. The molecule has 1 aliphatic heterocycles. The lowest BCUT2D eigenvalue weighted by Crippen LogP contribution is -2.46. The number of thioether (sulfide) groups is 1. The number of benzene rings is 5. The molecular formula is C43H46ClF3N5O5PS2. The maximum atomic E-state index is 14.0. The highest BCUT2D eigenvalue weighted by Crippen LogP contribution is 2.40. The maximum Gasteiger partial charge on any atom is 0.501 e. The van der Waals surface area contributed by atoms with Gasteiger partial charge in [-0.3, -0.25) is 19.3 Å². The first kappa shape index (κ1) is 45.2. The number of halogens is 4. The Kier molecular flexibility index (Phi) is 14.7. The number of hydrogen-bond donors (Lipinski definition) is 3. The quantitative estimate of drug-likeness (QED) is 0.0658. The van der Waals surface area contributed by atoms with E-state index < -0.39 is 45.0 Å². The summed E-state index contributed by atoms with van der Waals surface area (Å²) in [6, 6.07) is 33.9. The van der Waals surface area contributed by atoms with Gasteiger partial charge in [0.2, 0.25) is 0 Å². The molecule has 0 aromatic heterocycles. The molecule has 5 aromatic carbocycles. The zero-order valence-corrected chi connectivity index (χ0v) is 36.3. The van der Waals surface area contributed by atoms with Gasteiger partial charge in [0, 0.05) is 65.7 Å². The van der Waals surface area contributed by atoms with Crippen LogP contribution < -0.4 is 20.6 Å². The summed E-state index contributed by atoms with van der Waals surface area (Å²) in [5.41, 5.74) is -1.77. The number of alkyl halides is 3. The molecule has 0 bridgehead atoms. The molecule has 1 saturated heterocycles. The third-order valence-corrected chi connectivity index (χ3v) is 14.5. The molecule has 0 radical (unpaired) electrons. The molecule has 5 aromatic rings. The Morgan fingerprint density at radius 1 is 0.900 bits per heavy atom. The second kappa shape index (κ2) is 19.6. The Morgan fingerprint density at radius 3 is 2.20 bits per heavy atom. The minimum absolute atomic E-state index is 0.0338. The fourth-order valence-corrected chi connectivity index (χ4v) is 10.0. The summed E-state index contributed by atoms with van der Waals surface area (Å²) in [6.07, 6.45) is 0.449. The highest BCUT2D eigenvalue weighted by molar-refractivity contribution is 7.99. The molecule has 1 fully saturated rings. The van der Waals surface area contributed by atoms with Gasteiger partial charge in [-0.05, 0) is 110 Å². The van der Waals surface area contributed by atoms with Crippen LogP contribution in [0.5, 0.6) is 0 Å². The maximum absolute atomic E-state index is 14.0. The lowest BCUT2D eigenvalue weighted by atomic mass is 9.99. The minimum atomic E-state index is -6.00. The van der Waals surface area contributed by atoms with E-state index in [9.17, 15) is 35.8 Å². The number of nitrogens with zero attached hydrogens (tertiary/aromatic N) is 3. The highest BCUT2D eigenvalue weighted by Gasteiger charge is 2.48. The number of piperazine rings is 1. The summed E-state index contributed by atoms with van der Waals surface area (Å²) in [5, 5.41) is 4.98. The van der Waals surface area contributed by atoms with Crippen molar-refractivity contribution in [3.63, 3.8) is 0 Å². The number of rotatable bonds is 16. The van der Waals surface area contributed by atoms with E-state index in [0.29, 0.717) is 29.8 Å². The Labute approximate surface area is 358 Å². The number of carbonyl (C=O) groups is 1. The standard InChI is InChI=1S/C43H46ClF3N5O5PS2/c1-50(2)23-22-35(30-59-38-9-4-3-5-10-38)48-40-21-20-37(28-41(40)60(56,57)43(45,46)47)58(54,55)49-42(53)32-14-18-36(19-15-32)52-26-24-51(25-27-52)29-33-8-6-7-11-39(33)31-12-16-34(44)17-13-31/h3-21,28,35,48H,22-27,29-30H2,1-2H3,(H2,49,53,54,55)/t35-/m1/s1. The van der Waals surface area contributed by atoms with Crippen LogP contribution in [0.4, 0.5) is 24.5 Å². The molecule has 3 N–H and O–H groups in total. The molecule has 6 rings (SSSR count). The van der Waals surface area contributed by atoms with Gasteiger partial charge in [-0.2, -0.15) is 13.2 Å². The van der Waals surface area contributed by atoms with Crippen LogP contribution in [-0.4, -0.2) is 93.1 Å². The molecular weight excluding hydrogens is 854 g/mol. The molecule has 1 aliphatic rings. The Bertz CT molecular complexity index is 2400. The van der Waals surface area contributed by atoms with E-state index in [2.05, 4.69) is 27.2 Å². The summed E-state index contributed by atoms with van der Waals surface area (Å²) < 4.78 is 81.5. The van der Waals surface area contributed by atoms with E-state index in [0.717, 1.165) is 66.6 Å². The second-order valence-corrected chi connectivity index (χ2v) is 20.0. The summed E-state index contributed by atoms with van der Waals surface area (Å²) in [5.74, 6) is -0.573. The van der Waals surface area contributed by atoms with E-state index in [-0.39, 0.29) is 11.3 Å². The number of nitrogens with one attached hydrogen (secondary N) is 2. The first-order valence-corrected chi connectivity index (χ1v) is 23.6. The summed E-state index contributed by atoms with van der Waals surface area (Å²) in [6.45, 7) is 4.32. The van der Waals surface area contributed by atoms with Crippen LogP contribution in [0.3, 0.4) is 0 Å². The van der Waals surface area contributed by atoms with Crippen molar-refractivity contribution in [2.45, 2.75) is 34.3 Å². The fourth-order valence-electron chi connectivity index (χ4n) is 6.78. The van der Waals surface area contributed by atoms with E-state index in [1.165, 1.54) is 29.5 Å². The molecule has 1 unspecified atom stereocenters. The molecule has 1 amide bonds. The SMILES string of the molecule is CN(C)CC[C@H](CSc1ccccc1)Nc1ccc(P(=O)(O)NC(=O)c2ccc(N3CCN(Cc4ccccc4-c4ccc(Cl)cc4)CC3)cc2)cc1S(=O)(=O)C(F)(F)F. The number of amides is 1. The van der Waals surface area contributed by atoms with Crippen molar-refractivity contribution in [2.75, 3.05) is 62.8 Å². The van der Waals surface area contributed by atoms with Crippen LogP contribution in [0, 0.1) is 0 Å². The van der Waals surface area contributed by atoms with Gasteiger partial charge in [-0.25, -0.2) is 8.42 Å². The van der Waals surface area contributed by atoms with Gasteiger partial charge in [0.1, 0.15) is 4.90 Å². The van der Waals surface area contributed by atoms with Crippen molar-refractivity contribution < 1.29 is 35.8 Å². The van der Waals surface area contributed by atoms with Gasteiger partial charge < -0.3 is 20.0 Å². The highest BCUT2D eigenvalue weighted by atomic mass is 35.5. The summed E-state index contributed by atoms with van der Waals surface area (Å²) in [7, 11) is -7.26. The smallest absolute Gasteiger partial charge is 0.380 e. The van der Waals surface area contributed by atoms with Crippen LogP contribution in [0.1, 0.15) is 22.3 Å². The van der Waals surface area contributed by atoms with Crippen LogP contribution in [0.2, 0.25) is 5.02 Å². The van der Waals surface area contributed by atoms with Crippen molar-refractivity contribution in [1.29, 1.82) is 0 Å². The molecule has 0 saturated carbocycles. The van der Waals surface area contributed by atoms with Gasteiger partial charge in [0.05, 0.1) is 11.0 Å². The molecule has 60 heavy (non-hydrogen) atoms. The average Bonchev–Trinajstić information content (AvgIpc) is 3.22. The molecule has 1 heterocycles. The van der Waals surface area contributed by atoms with Gasteiger partial charge >= 0.3 is 13.0 Å². The Morgan fingerprint density at radius 2 is 1.55 bits per heavy atom. The van der Waals surface area contributed by atoms with Crippen molar-refractivity contribution >= 4 is 63.3 Å². The number of carbonyl (C=O) groups excluding carboxylic acids is 1. The molecule has 0 aliphatic carbocycles. The molecule has 17 heteroatoms. The Balaban J connectivity index is 1.12. The van der Waals surface area contributed by atoms with Gasteiger partial charge in [-0.1, -0.05) is 66.2 Å². The summed E-state index contributed by atoms with van der Waals surface area (Å²) >= 11 is 7.55. The topological polar surface area (TPSA) is 122 Å². The lowest BCUT2D eigenvalue weighted by molar-refractivity contribution is -0.0435. The molecule has 2 atom stereocenters. The van der Waals surface area contributed by atoms with Crippen molar-refractivity contribution in [1.82, 2.24) is 14.9 Å². The van der Waals surface area contributed by atoms with E-state index in [1.807, 2.05) is 90.8 Å². The van der Waals surface area contributed by atoms with Crippen molar-refractivity contribution in [2.24, 2.45) is 0 Å². The number of sulfone groups is 1. The number of anilines is 2. The Hall–Kier alpha value is -4.34. The van der Waals surface area contributed by atoms with E-state index >= 15 is 0 Å². The molecule has 0 spiro atoms. The first-order chi connectivity index (χ1) is 28.5. The molecule has 318 valence electrons. The monoisotopic (exact) mass is 899 g/mol. The van der Waals surface area contributed by atoms with E-state index in [1.54, 1.807) is 12.1 Å². The fraction of sp³-hybridized carbons (Fsp3) is 0.279. The number of hydrogen-bond acceptors (Lipinski definition) is 9. The van der Waals surface area contributed by atoms with Crippen molar-refractivity contribution in [3.8, 4) is 11.1 Å². The minimum Gasteiger partial charge on any atom is -0.380 e. The zero-order valence-electron chi connectivity index (χ0n) is 33.0. The predicted octanol–water partition coefficient (Wildman–Crippen LogP) is 8.39. The van der Waals surface area contributed by atoms with Gasteiger partial charge in [0.25, 0.3) is 15.7 Å². The first-order valence-electron chi connectivity index (χ1n) is 19.1. The normalized spacial score (nSPS) is 15.4. The van der Waals surface area contributed by atoms with Crippen LogP contribution >= 0.6 is 30.9 Å². The van der Waals surface area contributed by atoms with E-state index in [4.69, 9.17) is 11.6 Å². The van der Waals surface area contributed by atoms with Crippen molar-refractivity contribution in [3.05, 3.63) is 137 Å². The van der Waals surface area contributed by atoms with Crippen LogP contribution in [0.15, 0.2) is 131 Å². The van der Waals surface area contributed by atoms with Gasteiger partial charge in [0.15, 0.2) is 0 Å². The largest absolute Gasteiger partial charge is 0.501 e. The van der Waals surface area contributed by atoms with Crippen LogP contribution in [-0.2, 0) is 20.9 Å². The average molecular weight is 900 g/mol. The van der Waals surface area contributed by atoms with Gasteiger partial charge in [-0.15, -0.1) is 11.8 Å². The zero-order chi connectivity index (χ0) is 43.1. The van der Waals surface area contributed by atoms with Crippen LogP contribution in [0.25, 0.3) is 11.1 Å². The lowest BCUT2D eigenvalue weighted by Gasteiger charge is -2.36. The third kappa shape index (κ3) is 11.5. The predicted molar refractivity (Wildman–Crippen MR) is 235 cm³/mol. The molecule has 10 nitrogen and oxygen atoms in total. The second-order valence-electron chi connectivity index (χ2n) is 14.7.